The smallest absolute Gasteiger partial charge is 0.407 e. The number of aliphatic carboxylic acids is 1. The number of carbonyl (C=O) groups is 3. The monoisotopic (exact) mass is 450 g/mol. The highest BCUT2D eigenvalue weighted by molar-refractivity contribution is 5.86. The molecule has 1 aliphatic carbocycles. The molecule has 2 aromatic rings. The number of hydrogen-bond acceptors (Lipinski definition) is 5. The zero-order chi connectivity index (χ0) is 23.4. The largest absolute Gasteiger partial charge is 0.478 e. The van der Waals surface area contributed by atoms with Crippen LogP contribution >= 0.6 is 0 Å². The molecule has 0 unspecified atom stereocenters. The van der Waals surface area contributed by atoms with E-state index in [2.05, 4.69) is 22.8 Å². The molecule has 2 amide bonds. The van der Waals surface area contributed by atoms with Gasteiger partial charge in [0.1, 0.15) is 6.61 Å². The van der Waals surface area contributed by atoms with Crippen molar-refractivity contribution in [2.24, 2.45) is 0 Å². The van der Waals surface area contributed by atoms with Crippen molar-refractivity contribution in [2.45, 2.75) is 31.4 Å². The van der Waals surface area contributed by atoms with Crippen LogP contribution in [0, 0.1) is 0 Å². The second-order valence-corrected chi connectivity index (χ2v) is 8.09. The van der Waals surface area contributed by atoms with E-state index < -0.39 is 30.1 Å². The van der Waals surface area contributed by atoms with Gasteiger partial charge < -0.3 is 25.2 Å². The molecule has 8 heteroatoms. The van der Waals surface area contributed by atoms with Crippen LogP contribution in [0.3, 0.4) is 0 Å². The van der Waals surface area contributed by atoms with Crippen molar-refractivity contribution < 1.29 is 29.0 Å². The number of nitrogens with one attached hydrogen (secondary N) is 2. The maximum Gasteiger partial charge on any atom is 0.407 e. The van der Waals surface area contributed by atoms with Gasteiger partial charge in [-0.2, -0.15) is 0 Å². The Morgan fingerprint density at radius 1 is 1.09 bits per heavy atom. The molecule has 2 atom stereocenters. The van der Waals surface area contributed by atoms with Gasteiger partial charge in [-0.1, -0.05) is 54.6 Å². The maximum absolute atomic E-state index is 12.5. The molecule has 1 saturated heterocycles. The number of carboxylic acid groups (broad SMARTS) is 1. The average Bonchev–Trinajstić information content (AvgIpc) is 3.40. The van der Waals surface area contributed by atoms with Gasteiger partial charge in [-0.15, -0.1) is 0 Å². The van der Waals surface area contributed by atoms with Gasteiger partial charge in [-0.05, 0) is 35.6 Å². The van der Waals surface area contributed by atoms with Crippen LogP contribution < -0.4 is 10.6 Å². The number of carboxylic acids is 1. The highest BCUT2D eigenvalue weighted by Gasteiger charge is 2.36. The number of carbonyl (C=O) groups excluding carboxylic acids is 2. The molecule has 0 spiro atoms. The van der Waals surface area contributed by atoms with Gasteiger partial charge >= 0.3 is 12.1 Å². The number of rotatable bonds is 7. The van der Waals surface area contributed by atoms with Gasteiger partial charge in [0.05, 0.1) is 6.04 Å². The Hall–Kier alpha value is -3.65. The van der Waals surface area contributed by atoms with Crippen LogP contribution in [0.5, 0.6) is 0 Å². The van der Waals surface area contributed by atoms with Gasteiger partial charge in [-0.3, -0.25) is 4.79 Å². The van der Waals surface area contributed by atoms with E-state index >= 15 is 0 Å². The first-order valence-electron chi connectivity index (χ1n) is 10.9. The standard InChI is InChI=1S/C25H26N2O6/c1-15(24(29)30)10-12-26-23(28)22-21(11-13-32-22)27-25(31)33-14-20-18-8-4-2-6-16(18)17-7-3-5-9-19(17)20/h2-10,20-22H,11-14H2,1H3,(H,26,28)(H,27,31)(H,29,30)/b15-10+/t21-,22+/m1/s1. The van der Waals surface area contributed by atoms with Gasteiger partial charge in [-0.25, -0.2) is 9.59 Å². The Labute approximate surface area is 191 Å². The van der Waals surface area contributed by atoms with Crippen molar-refractivity contribution in [3.8, 4) is 11.1 Å². The predicted octanol–water partition coefficient (Wildman–Crippen LogP) is 2.83. The zero-order valence-electron chi connectivity index (χ0n) is 18.2. The minimum absolute atomic E-state index is 0.0497. The SMILES string of the molecule is C/C(=C\CNC(=O)[C@H]1OCC[C@H]1NC(=O)OCC1c2ccccc2-c2ccccc21)C(=O)O. The Bertz CT molecular complexity index is 1050. The van der Waals surface area contributed by atoms with Crippen LogP contribution in [0.15, 0.2) is 60.2 Å². The second kappa shape index (κ2) is 9.87. The number of alkyl carbamates (subject to hydrolysis) is 1. The molecule has 0 radical (unpaired) electrons. The fraction of sp³-hybridized carbons (Fsp3) is 0.320. The predicted molar refractivity (Wildman–Crippen MR) is 121 cm³/mol. The zero-order valence-corrected chi connectivity index (χ0v) is 18.2. The molecule has 0 bridgehead atoms. The molecule has 33 heavy (non-hydrogen) atoms. The van der Waals surface area contributed by atoms with Crippen LogP contribution in [0.4, 0.5) is 4.79 Å². The molecule has 1 fully saturated rings. The molecule has 3 N–H and O–H groups in total. The van der Waals surface area contributed by atoms with Crippen molar-refractivity contribution in [3.63, 3.8) is 0 Å². The van der Waals surface area contributed by atoms with Crippen LogP contribution in [0.25, 0.3) is 11.1 Å². The molecule has 8 nitrogen and oxygen atoms in total. The lowest BCUT2D eigenvalue weighted by Crippen LogP contribution is -2.48. The van der Waals surface area contributed by atoms with Gasteiger partial charge in [0, 0.05) is 24.6 Å². The quantitative estimate of drug-likeness (QED) is 0.559. The minimum Gasteiger partial charge on any atom is -0.478 e. The Kier molecular flexibility index (Phi) is 6.74. The van der Waals surface area contributed by atoms with Gasteiger partial charge in [0.2, 0.25) is 0 Å². The fourth-order valence-electron chi connectivity index (χ4n) is 4.28. The summed E-state index contributed by atoms with van der Waals surface area (Å²) in [5.41, 5.74) is 4.68. The van der Waals surface area contributed by atoms with Crippen LogP contribution in [0.2, 0.25) is 0 Å². The Morgan fingerprint density at radius 3 is 2.36 bits per heavy atom. The lowest BCUT2D eigenvalue weighted by molar-refractivity contribution is -0.133. The van der Waals surface area contributed by atoms with E-state index in [1.807, 2.05) is 36.4 Å². The summed E-state index contributed by atoms with van der Waals surface area (Å²) in [4.78, 5) is 35.8. The molecule has 1 heterocycles. The second-order valence-electron chi connectivity index (χ2n) is 8.09. The summed E-state index contributed by atoms with van der Waals surface area (Å²) in [6.07, 6.45) is 0.422. The van der Waals surface area contributed by atoms with E-state index in [0.29, 0.717) is 13.0 Å². The fourth-order valence-corrected chi connectivity index (χ4v) is 4.28. The van der Waals surface area contributed by atoms with Crippen molar-refractivity contribution in [2.75, 3.05) is 19.8 Å². The van der Waals surface area contributed by atoms with Crippen LogP contribution in [0.1, 0.15) is 30.4 Å². The summed E-state index contributed by atoms with van der Waals surface area (Å²) in [5.74, 6) is -1.51. The average molecular weight is 450 g/mol. The van der Waals surface area contributed by atoms with E-state index in [1.165, 1.54) is 13.0 Å². The molecule has 0 saturated carbocycles. The molecule has 172 valence electrons. The summed E-state index contributed by atoms with van der Waals surface area (Å²) >= 11 is 0. The van der Waals surface area contributed by atoms with Crippen LogP contribution in [-0.2, 0) is 19.1 Å². The van der Waals surface area contributed by atoms with Gasteiger partial charge in [0.15, 0.2) is 6.10 Å². The summed E-state index contributed by atoms with van der Waals surface area (Å²) in [5, 5.41) is 14.2. The third kappa shape index (κ3) is 4.90. The molecule has 1 aliphatic heterocycles. The third-order valence-corrected chi connectivity index (χ3v) is 6.02. The summed E-state index contributed by atoms with van der Waals surface area (Å²) in [6.45, 7) is 2.02. The Morgan fingerprint density at radius 2 is 1.73 bits per heavy atom. The molecular formula is C25H26N2O6. The number of ether oxygens (including phenoxy) is 2. The van der Waals surface area contributed by atoms with E-state index in [1.54, 1.807) is 0 Å². The van der Waals surface area contributed by atoms with Crippen molar-refractivity contribution in [1.82, 2.24) is 10.6 Å². The number of amides is 2. The van der Waals surface area contributed by atoms with E-state index in [-0.39, 0.29) is 24.6 Å². The number of hydrogen-bond donors (Lipinski definition) is 3. The van der Waals surface area contributed by atoms with Crippen molar-refractivity contribution >= 4 is 18.0 Å². The van der Waals surface area contributed by atoms with E-state index in [4.69, 9.17) is 14.6 Å². The van der Waals surface area contributed by atoms with E-state index in [9.17, 15) is 14.4 Å². The Balaban J connectivity index is 1.33. The summed E-state index contributed by atoms with van der Waals surface area (Å²) in [6, 6.07) is 15.7. The van der Waals surface area contributed by atoms with Crippen molar-refractivity contribution in [1.29, 1.82) is 0 Å². The normalized spacial score (nSPS) is 19.5. The first-order valence-corrected chi connectivity index (χ1v) is 10.9. The van der Waals surface area contributed by atoms with E-state index in [0.717, 1.165) is 22.3 Å². The molecule has 2 aromatic carbocycles. The highest BCUT2D eigenvalue weighted by Crippen LogP contribution is 2.44. The maximum atomic E-state index is 12.5. The lowest BCUT2D eigenvalue weighted by Gasteiger charge is -2.20. The minimum atomic E-state index is -1.05. The molecule has 4 rings (SSSR count). The van der Waals surface area contributed by atoms with Crippen LogP contribution in [-0.4, -0.2) is 55.0 Å². The number of fused-ring (bicyclic) bond motifs is 3. The first-order chi connectivity index (χ1) is 16.0. The first kappa shape index (κ1) is 22.5. The van der Waals surface area contributed by atoms with Crippen molar-refractivity contribution in [3.05, 3.63) is 71.3 Å². The highest BCUT2D eigenvalue weighted by atomic mass is 16.6. The molecule has 2 aliphatic rings. The summed E-state index contributed by atoms with van der Waals surface area (Å²) < 4.78 is 11.0. The van der Waals surface area contributed by atoms with Gasteiger partial charge in [0.25, 0.3) is 5.91 Å². The summed E-state index contributed by atoms with van der Waals surface area (Å²) in [7, 11) is 0. The number of benzene rings is 2. The lowest BCUT2D eigenvalue weighted by atomic mass is 9.98. The third-order valence-electron chi connectivity index (χ3n) is 6.02. The topological polar surface area (TPSA) is 114 Å². The molecular weight excluding hydrogens is 424 g/mol. The molecule has 0 aromatic heterocycles.